The van der Waals surface area contributed by atoms with Gasteiger partial charge in [0.1, 0.15) is 5.94 Å². The van der Waals surface area contributed by atoms with Crippen LogP contribution >= 0.6 is 7.92 Å². The molecule has 1 nitrogen and oxygen atoms in total. The van der Waals surface area contributed by atoms with Gasteiger partial charge < -0.3 is 0 Å². The van der Waals surface area contributed by atoms with Crippen molar-refractivity contribution in [3.05, 3.63) is 6.08 Å². The molecule has 0 rings (SSSR count). The molecule has 0 fully saturated rings. The van der Waals surface area contributed by atoms with E-state index in [0.29, 0.717) is 0 Å². The number of carbonyl (C=O) groups excluding carboxylic acids is 1. The van der Waals surface area contributed by atoms with E-state index in [1.807, 2.05) is 5.94 Å². The average molecular weight is 228 g/mol. The molecule has 0 N–H and O–H groups in total. The van der Waals surface area contributed by atoms with Gasteiger partial charge in [0.05, 0.1) is 0 Å². The van der Waals surface area contributed by atoms with Crippen molar-refractivity contribution < 1.29 is 4.79 Å². The normalized spacial score (nSPS) is 10.3. The zero-order valence-corrected chi connectivity index (χ0v) is 11.2. The molecule has 0 spiro atoms. The summed E-state index contributed by atoms with van der Waals surface area (Å²) >= 11 is 0. The van der Waals surface area contributed by atoms with E-state index in [1.165, 1.54) is 50.6 Å². The molecule has 0 aromatic rings. The molecule has 0 saturated heterocycles. The van der Waals surface area contributed by atoms with Crippen molar-refractivity contribution >= 4 is 13.9 Å². The molecule has 0 aliphatic carbocycles. The Bertz CT molecular complexity index is 165. The lowest BCUT2D eigenvalue weighted by molar-refractivity contribution is 0.568. The van der Waals surface area contributed by atoms with E-state index in [-0.39, 0.29) is 7.92 Å². The molecular weight excluding hydrogens is 203 g/mol. The fourth-order valence-corrected chi connectivity index (χ4v) is 4.40. The van der Waals surface area contributed by atoms with Crippen LogP contribution in [0.25, 0.3) is 0 Å². The Kier molecular flexibility index (Phi) is 11.9. The molecule has 0 amide bonds. The molecule has 0 unspecified atom stereocenters. The predicted molar refractivity (Wildman–Crippen MR) is 70.8 cm³/mol. The largest absolute Gasteiger partial charge is 0.234 e. The predicted octanol–water partition coefficient (Wildman–Crippen LogP) is 4.24. The summed E-state index contributed by atoms with van der Waals surface area (Å²) in [4.78, 5) is 10.0. The molecular formula is C13H25OP. The number of rotatable bonds is 10. The van der Waals surface area contributed by atoms with Crippen molar-refractivity contribution in [1.82, 2.24) is 0 Å². The van der Waals surface area contributed by atoms with Gasteiger partial charge in [0.2, 0.25) is 0 Å². The van der Waals surface area contributed by atoms with Crippen molar-refractivity contribution in [2.75, 3.05) is 18.5 Å². The topological polar surface area (TPSA) is 17.1 Å². The second-order valence-electron chi connectivity index (χ2n) is 4.01. The lowest BCUT2D eigenvalue weighted by atomic mass is 10.3. The van der Waals surface area contributed by atoms with Crippen LogP contribution in [-0.4, -0.2) is 24.4 Å². The van der Waals surface area contributed by atoms with E-state index in [1.54, 1.807) is 6.08 Å². The first-order chi connectivity index (χ1) is 7.35. The summed E-state index contributed by atoms with van der Waals surface area (Å²) in [7, 11) is 0.261. The fraction of sp³-hybridized carbons (Fsp3) is 0.846. The molecule has 0 atom stereocenters. The lowest BCUT2D eigenvalue weighted by Gasteiger charge is -2.16. The van der Waals surface area contributed by atoms with Gasteiger partial charge in [-0.05, 0) is 50.2 Å². The number of allylic oxidation sites excluding steroid dienone is 1. The van der Waals surface area contributed by atoms with Crippen molar-refractivity contribution in [1.29, 1.82) is 0 Å². The van der Waals surface area contributed by atoms with Gasteiger partial charge in [-0.1, -0.05) is 26.7 Å². The quantitative estimate of drug-likeness (QED) is 0.310. The summed E-state index contributed by atoms with van der Waals surface area (Å²) in [6.07, 6.45) is 13.4. The summed E-state index contributed by atoms with van der Waals surface area (Å²) in [5.41, 5.74) is 0. The Labute approximate surface area is 96.1 Å². The van der Waals surface area contributed by atoms with E-state index in [2.05, 4.69) is 13.8 Å². The summed E-state index contributed by atoms with van der Waals surface area (Å²) in [6, 6.07) is 0. The molecule has 15 heavy (non-hydrogen) atoms. The monoisotopic (exact) mass is 228 g/mol. The first-order valence-corrected chi connectivity index (χ1v) is 8.16. The zero-order chi connectivity index (χ0) is 11.4. The maximum atomic E-state index is 10.0. The van der Waals surface area contributed by atoms with Gasteiger partial charge in [-0.25, -0.2) is 4.79 Å². The minimum Gasteiger partial charge on any atom is -0.234 e. The zero-order valence-electron chi connectivity index (χ0n) is 10.3. The molecule has 2 heteroatoms. The van der Waals surface area contributed by atoms with Crippen LogP contribution in [0.4, 0.5) is 0 Å². The molecule has 0 radical (unpaired) electrons. The highest BCUT2D eigenvalue weighted by Gasteiger charge is 2.05. The van der Waals surface area contributed by atoms with Crippen molar-refractivity contribution in [3.8, 4) is 0 Å². The van der Waals surface area contributed by atoms with Gasteiger partial charge >= 0.3 is 0 Å². The SMILES string of the molecule is CCCCP(CCCC)CCCC=C=O. The van der Waals surface area contributed by atoms with Gasteiger partial charge in [0.15, 0.2) is 0 Å². The smallest absolute Gasteiger partial charge is 0.120 e. The molecule has 88 valence electrons. The fourth-order valence-electron chi connectivity index (χ4n) is 1.57. The minimum absolute atomic E-state index is 0.261. The molecule has 0 aliphatic heterocycles. The maximum absolute atomic E-state index is 10.0. The number of hydrogen-bond acceptors (Lipinski definition) is 1. The third-order valence-electron chi connectivity index (χ3n) is 2.56. The highest BCUT2D eigenvalue weighted by molar-refractivity contribution is 7.57. The van der Waals surface area contributed by atoms with Crippen LogP contribution in [0.2, 0.25) is 0 Å². The van der Waals surface area contributed by atoms with Crippen LogP contribution in [-0.2, 0) is 4.79 Å². The third-order valence-corrected chi connectivity index (χ3v) is 5.41. The Morgan fingerprint density at radius 2 is 1.53 bits per heavy atom. The molecule has 0 aliphatic rings. The Morgan fingerprint density at radius 3 is 2.00 bits per heavy atom. The van der Waals surface area contributed by atoms with Crippen LogP contribution in [0.15, 0.2) is 6.08 Å². The average Bonchev–Trinajstić information content (AvgIpc) is 2.27. The summed E-state index contributed by atoms with van der Waals surface area (Å²) < 4.78 is 0. The van der Waals surface area contributed by atoms with Crippen LogP contribution < -0.4 is 0 Å². The van der Waals surface area contributed by atoms with E-state index in [0.717, 1.165) is 6.42 Å². The summed E-state index contributed by atoms with van der Waals surface area (Å²) in [6.45, 7) is 4.53. The highest BCUT2D eigenvalue weighted by atomic mass is 31.1. The lowest BCUT2D eigenvalue weighted by Crippen LogP contribution is -1.95. The number of hydrogen-bond donors (Lipinski definition) is 0. The Balaban J connectivity index is 3.62. The molecule has 0 aromatic carbocycles. The second-order valence-corrected chi connectivity index (χ2v) is 6.70. The molecule has 0 saturated carbocycles. The third kappa shape index (κ3) is 10.2. The van der Waals surface area contributed by atoms with Gasteiger partial charge in [0.25, 0.3) is 0 Å². The summed E-state index contributed by atoms with van der Waals surface area (Å²) in [5.74, 6) is 1.86. The summed E-state index contributed by atoms with van der Waals surface area (Å²) in [5, 5.41) is 0. The van der Waals surface area contributed by atoms with E-state index in [9.17, 15) is 4.79 Å². The van der Waals surface area contributed by atoms with E-state index < -0.39 is 0 Å². The highest BCUT2D eigenvalue weighted by Crippen LogP contribution is 2.38. The Hall–Kier alpha value is -0.120. The number of unbranched alkanes of at least 4 members (excludes halogenated alkanes) is 3. The van der Waals surface area contributed by atoms with Crippen LogP contribution in [0.1, 0.15) is 52.4 Å². The van der Waals surface area contributed by atoms with Gasteiger partial charge in [-0.3, -0.25) is 0 Å². The molecule has 0 heterocycles. The van der Waals surface area contributed by atoms with Gasteiger partial charge in [0, 0.05) is 0 Å². The first-order valence-electron chi connectivity index (χ1n) is 6.26. The second kappa shape index (κ2) is 12.0. The maximum Gasteiger partial charge on any atom is 0.120 e. The van der Waals surface area contributed by atoms with Crippen LogP contribution in [0, 0.1) is 0 Å². The first kappa shape index (κ1) is 14.9. The minimum atomic E-state index is 0.261. The van der Waals surface area contributed by atoms with Crippen LogP contribution in [0.5, 0.6) is 0 Å². The van der Waals surface area contributed by atoms with Crippen LogP contribution in [0.3, 0.4) is 0 Å². The van der Waals surface area contributed by atoms with Crippen molar-refractivity contribution in [2.45, 2.75) is 52.4 Å². The molecule has 0 aromatic heterocycles. The van der Waals surface area contributed by atoms with E-state index in [4.69, 9.17) is 0 Å². The van der Waals surface area contributed by atoms with Crippen molar-refractivity contribution in [2.24, 2.45) is 0 Å². The van der Waals surface area contributed by atoms with Gasteiger partial charge in [-0.15, -0.1) is 7.92 Å². The van der Waals surface area contributed by atoms with Gasteiger partial charge in [-0.2, -0.15) is 0 Å². The standard InChI is InChI=1S/C13H25OP/c1-3-5-11-15(12-6-4-2)13-9-7-8-10-14/h8H,3-7,9,11-13H2,1-2H3. The Morgan fingerprint density at radius 1 is 1.00 bits per heavy atom. The van der Waals surface area contributed by atoms with Crippen molar-refractivity contribution in [3.63, 3.8) is 0 Å². The molecule has 0 bridgehead atoms. The van der Waals surface area contributed by atoms with E-state index >= 15 is 0 Å².